The van der Waals surface area contributed by atoms with Crippen LogP contribution in [0.5, 0.6) is 0 Å². The summed E-state index contributed by atoms with van der Waals surface area (Å²) < 4.78 is 6.97. The number of aryl methyl sites for hydroxylation is 1. The second kappa shape index (κ2) is 5.93. The van der Waals surface area contributed by atoms with Crippen LogP contribution >= 0.6 is 15.9 Å². The quantitative estimate of drug-likeness (QED) is 0.795. The highest BCUT2D eigenvalue weighted by atomic mass is 79.9. The van der Waals surface area contributed by atoms with Crippen LogP contribution < -0.4 is 0 Å². The lowest BCUT2D eigenvalue weighted by atomic mass is 10.2. The minimum atomic E-state index is 0.573. The van der Waals surface area contributed by atoms with Crippen LogP contribution in [0.25, 0.3) is 5.69 Å². The predicted octanol–water partition coefficient (Wildman–Crippen LogP) is 2.35. The molecule has 4 nitrogen and oxygen atoms in total. The van der Waals surface area contributed by atoms with Crippen LogP contribution in [0.2, 0.25) is 0 Å². The van der Waals surface area contributed by atoms with Crippen LogP contribution in [0, 0.1) is 0 Å². The van der Waals surface area contributed by atoms with Crippen molar-refractivity contribution in [3.05, 3.63) is 41.7 Å². The molecule has 0 aliphatic carbocycles. The summed E-state index contributed by atoms with van der Waals surface area (Å²) >= 11 is 3.39. The fraction of sp³-hybridized carbons (Fsp3) is 0.333. The number of hydrogen-bond donors (Lipinski definition) is 0. The predicted molar refractivity (Wildman–Crippen MR) is 69.6 cm³/mol. The van der Waals surface area contributed by atoms with E-state index in [2.05, 4.69) is 26.2 Å². The van der Waals surface area contributed by atoms with Gasteiger partial charge in [0.05, 0.1) is 24.2 Å². The third-order valence-electron chi connectivity index (χ3n) is 2.43. The molecule has 0 aliphatic rings. The summed E-state index contributed by atoms with van der Waals surface area (Å²) in [6, 6.07) is 8.03. The van der Waals surface area contributed by atoms with Gasteiger partial charge in [0.25, 0.3) is 0 Å². The van der Waals surface area contributed by atoms with Crippen LogP contribution in [0.4, 0.5) is 0 Å². The van der Waals surface area contributed by atoms with Crippen molar-refractivity contribution in [2.75, 3.05) is 12.4 Å². The Morgan fingerprint density at radius 1 is 1.35 bits per heavy atom. The highest BCUT2D eigenvalue weighted by molar-refractivity contribution is 9.09. The van der Waals surface area contributed by atoms with Gasteiger partial charge in [-0.15, -0.1) is 5.10 Å². The first kappa shape index (κ1) is 12.3. The van der Waals surface area contributed by atoms with E-state index >= 15 is 0 Å². The molecule has 0 unspecified atom stereocenters. The first-order chi connectivity index (χ1) is 8.35. The van der Waals surface area contributed by atoms with Gasteiger partial charge in [-0.25, -0.2) is 4.68 Å². The fourth-order valence-corrected chi connectivity index (χ4v) is 2.05. The zero-order valence-electron chi connectivity index (χ0n) is 9.64. The lowest BCUT2D eigenvalue weighted by molar-refractivity contribution is 0.184. The Morgan fingerprint density at radius 3 is 2.94 bits per heavy atom. The van der Waals surface area contributed by atoms with Crippen LogP contribution in [0.1, 0.15) is 11.3 Å². The Hall–Kier alpha value is -1.20. The first-order valence-corrected chi connectivity index (χ1v) is 6.51. The van der Waals surface area contributed by atoms with Crippen molar-refractivity contribution in [1.82, 2.24) is 15.0 Å². The lowest BCUT2D eigenvalue weighted by Crippen LogP contribution is -2.01. The molecule has 0 fully saturated rings. The van der Waals surface area contributed by atoms with Crippen molar-refractivity contribution in [2.24, 2.45) is 0 Å². The molecule has 0 aliphatic heterocycles. The zero-order valence-corrected chi connectivity index (χ0v) is 11.2. The number of alkyl halides is 1. The number of rotatable bonds is 5. The number of hydrogen-bond acceptors (Lipinski definition) is 3. The van der Waals surface area contributed by atoms with Crippen molar-refractivity contribution in [3.63, 3.8) is 0 Å². The summed E-state index contributed by atoms with van der Waals surface area (Å²) in [5.74, 6) is 0. The second-order valence-electron chi connectivity index (χ2n) is 3.66. The third kappa shape index (κ3) is 2.92. The molecule has 90 valence electrons. The number of para-hydroxylation sites is 1. The Labute approximate surface area is 109 Å². The van der Waals surface area contributed by atoms with Crippen LogP contribution in [0.3, 0.4) is 0 Å². The Morgan fingerprint density at radius 2 is 2.18 bits per heavy atom. The largest absolute Gasteiger partial charge is 0.380 e. The average Bonchev–Trinajstić information content (AvgIpc) is 2.79. The number of ether oxygens (including phenoxy) is 1. The molecule has 1 aromatic heterocycles. The monoisotopic (exact) mass is 295 g/mol. The Bertz CT molecular complexity index is 484. The van der Waals surface area contributed by atoms with Gasteiger partial charge in [-0.3, -0.25) is 0 Å². The summed E-state index contributed by atoms with van der Waals surface area (Å²) in [6.45, 7) is 0.573. The van der Waals surface area contributed by atoms with Gasteiger partial charge in [0, 0.05) is 24.4 Å². The van der Waals surface area contributed by atoms with E-state index < -0.39 is 0 Å². The standard InChI is InChI=1S/C12H14BrN3O/c1-17-9-10-4-2-3-5-12(10)16-8-11(6-7-13)14-15-16/h2-5,8H,6-7,9H2,1H3. The van der Waals surface area contributed by atoms with E-state index in [1.54, 1.807) is 11.8 Å². The van der Waals surface area contributed by atoms with Gasteiger partial charge in [0.15, 0.2) is 0 Å². The smallest absolute Gasteiger partial charge is 0.0840 e. The maximum absolute atomic E-state index is 5.18. The molecule has 0 saturated carbocycles. The second-order valence-corrected chi connectivity index (χ2v) is 4.45. The molecule has 5 heteroatoms. The molecule has 0 radical (unpaired) electrons. The molecular weight excluding hydrogens is 282 g/mol. The van der Waals surface area contributed by atoms with Crippen molar-refractivity contribution in [3.8, 4) is 5.69 Å². The lowest BCUT2D eigenvalue weighted by Gasteiger charge is -2.07. The van der Waals surface area contributed by atoms with Crippen LogP contribution in [-0.2, 0) is 17.8 Å². The molecule has 17 heavy (non-hydrogen) atoms. The van der Waals surface area contributed by atoms with Gasteiger partial charge >= 0.3 is 0 Å². The average molecular weight is 296 g/mol. The Kier molecular flexibility index (Phi) is 4.28. The van der Waals surface area contributed by atoms with Gasteiger partial charge in [-0.1, -0.05) is 39.3 Å². The topological polar surface area (TPSA) is 39.9 Å². The Balaban J connectivity index is 2.31. The minimum absolute atomic E-state index is 0.573. The number of nitrogens with zero attached hydrogens (tertiary/aromatic N) is 3. The van der Waals surface area contributed by atoms with Gasteiger partial charge in [-0.05, 0) is 6.07 Å². The number of benzene rings is 1. The number of methoxy groups -OCH3 is 1. The molecular formula is C12H14BrN3O. The highest BCUT2D eigenvalue weighted by Gasteiger charge is 2.06. The van der Waals surface area contributed by atoms with Gasteiger partial charge in [0.2, 0.25) is 0 Å². The van der Waals surface area contributed by atoms with Crippen molar-refractivity contribution < 1.29 is 4.74 Å². The third-order valence-corrected chi connectivity index (χ3v) is 2.83. The highest BCUT2D eigenvalue weighted by Crippen LogP contribution is 2.14. The van der Waals surface area contributed by atoms with Gasteiger partial charge in [-0.2, -0.15) is 0 Å². The zero-order chi connectivity index (χ0) is 12.1. The van der Waals surface area contributed by atoms with Crippen molar-refractivity contribution >= 4 is 15.9 Å². The molecule has 2 rings (SSSR count). The van der Waals surface area contributed by atoms with Crippen molar-refractivity contribution in [1.29, 1.82) is 0 Å². The molecule has 0 spiro atoms. The molecule has 0 atom stereocenters. The van der Waals surface area contributed by atoms with Gasteiger partial charge in [0.1, 0.15) is 0 Å². The van der Waals surface area contributed by atoms with E-state index in [1.807, 2.05) is 30.5 Å². The summed E-state index contributed by atoms with van der Waals surface area (Å²) in [5.41, 5.74) is 3.10. The summed E-state index contributed by atoms with van der Waals surface area (Å²) in [4.78, 5) is 0. The van der Waals surface area contributed by atoms with E-state index in [1.165, 1.54) is 0 Å². The van der Waals surface area contributed by atoms with Gasteiger partial charge < -0.3 is 4.74 Å². The molecule has 0 amide bonds. The summed E-state index contributed by atoms with van der Waals surface area (Å²) in [5, 5.41) is 9.16. The van der Waals surface area contributed by atoms with E-state index in [0.29, 0.717) is 6.61 Å². The fourth-order valence-electron chi connectivity index (χ4n) is 1.64. The van der Waals surface area contributed by atoms with Crippen molar-refractivity contribution in [2.45, 2.75) is 13.0 Å². The molecule has 0 bridgehead atoms. The minimum Gasteiger partial charge on any atom is -0.380 e. The molecule has 1 aromatic carbocycles. The maximum Gasteiger partial charge on any atom is 0.0840 e. The molecule has 2 aromatic rings. The van der Waals surface area contributed by atoms with E-state index in [4.69, 9.17) is 4.74 Å². The van der Waals surface area contributed by atoms with E-state index in [0.717, 1.165) is 28.7 Å². The molecule has 0 saturated heterocycles. The molecule has 0 N–H and O–H groups in total. The van der Waals surface area contributed by atoms with Crippen LogP contribution in [0.15, 0.2) is 30.5 Å². The maximum atomic E-state index is 5.18. The number of aromatic nitrogens is 3. The van der Waals surface area contributed by atoms with E-state index in [9.17, 15) is 0 Å². The van der Waals surface area contributed by atoms with E-state index in [-0.39, 0.29) is 0 Å². The summed E-state index contributed by atoms with van der Waals surface area (Å²) in [7, 11) is 1.69. The number of halogens is 1. The first-order valence-electron chi connectivity index (χ1n) is 5.39. The normalized spacial score (nSPS) is 10.7. The summed E-state index contributed by atoms with van der Waals surface area (Å²) in [6.07, 6.45) is 2.84. The SMILES string of the molecule is COCc1ccccc1-n1cc(CCBr)nn1. The molecule has 1 heterocycles. The van der Waals surface area contributed by atoms with Crippen LogP contribution in [-0.4, -0.2) is 27.4 Å².